The van der Waals surface area contributed by atoms with Gasteiger partial charge in [0.25, 0.3) is 0 Å². The summed E-state index contributed by atoms with van der Waals surface area (Å²) in [6, 6.07) is 21.5. The van der Waals surface area contributed by atoms with Crippen molar-refractivity contribution in [3.63, 3.8) is 0 Å². The molecule has 1 heterocycles. The smallest absolute Gasteiger partial charge is 0.328 e. The first-order valence-corrected chi connectivity index (χ1v) is 12.0. The molecule has 0 saturated carbocycles. The molecule has 0 unspecified atom stereocenters. The summed E-state index contributed by atoms with van der Waals surface area (Å²) in [5.74, 6) is -1.33. The zero-order valence-electron chi connectivity index (χ0n) is 20.4. The van der Waals surface area contributed by atoms with Crippen LogP contribution in [-0.2, 0) is 38.4 Å². The summed E-state index contributed by atoms with van der Waals surface area (Å²) in [6.07, 6.45) is 2.24. The second-order valence-electron chi connectivity index (χ2n) is 8.80. The zero-order valence-corrected chi connectivity index (χ0v) is 20.4. The molecule has 0 spiro atoms. The number of carbonyl (C=O) groups excluding carboxylic acids is 3. The van der Waals surface area contributed by atoms with Crippen molar-refractivity contribution < 1.29 is 24.2 Å². The number of amides is 2. The van der Waals surface area contributed by atoms with Crippen LogP contribution in [0.25, 0.3) is 10.9 Å². The number of phenols is 1. The van der Waals surface area contributed by atoms with E-state index in [4.69, 9.17) is 4.74 Å². The third-order valence-corrected chi connectivity index (χ3v) is 6.12. The molecule has 0 bridgehead atoms. The minimum absolute atomic E-state index is 0.0936. The summed E-state index contributed by atoms with van der Waals surface area (Å²) < 4.78 is 4.93. The average Bonchev–Trinajstić information content (AvgIpc) is 3.30. The molecular formula is C29H29N3O5. The quantitative estimate of drug-likeness (QED) is 0.250. The van der Waals surface area contributed by atoms with Gasteiger partial charge in [0.2, 0.25) is 11.8 Å². The van der Waals surface area contributed by atoms with Gasteiger partial charge < -0.3 is 25.5 Å². The summed E-state index contributed by atoms with van der Waals surface area (Å²) >= 11 is 0. The lowest BCUT2D eigenvalue weighted by Crippen LogP contribution is -2.53. The van der Waals surface area contributed by atoms with E-state index >= 15 is 0 Å². The van der Waals surface area contributed by atoms with E-state index in [0.717, 1.165) is 27.6 Å². The van der Waals surface area contributed by atoms with Crippen molar-refractivity contribution in [2.75, 3.05) is 7.11 Å². The molecule has 3 aromatic carbocycles. The van der Waals surface area contributed by atoms with Gasteiger partial charge in [-0.25, -0.2) is 4.79 Å². The molecule has 0 radical (unpaired) electrons. The number of H-pyrrole nitrogens is 1. The van der Waals surface area contributed by atoms with Gasteiger partial charge in [-0.15, -0.1) is 0 Å². The Balaban J connectivity index is 1.57. The predicted molar refractivity (Wildman–Crippen MR) is 140 cm³/mol. The fraction of sp³-hybridized carbons (Fsp3) is 0.207. The van der Waals surface area contributed by atoms with Crippen LogP contribution >= 0.6 is 0 Å². The Hall–Kier alpha value is -4.59. The molecule has 0 saturated heterocycles. The standard InChI is InChI=1S/C29H29N3O5/c1-37-29(36)26(14-19-8-4-2-5-9-19)32-28(35)25(31-27(34)15-20-10-6-3-7-11-20)16-21-18-30-24-13-12-22(33)17-23(21)24/h2-13,17-18,25-26,30,33H,14-16H2,1H3,(H,31,34)(H,32,35)/t25-,26+/m0/s1. The summed E-state index contributed by atoms with van der Waals surface area (Å²) in [6.45, 7) is 0. The molecule has 0 aliphatic rings. The second-order valence-corrected chi connectivity index (χ2v) is 8.80. The van der Waals surface area contributed by atoms with Crippen LogP contribution < -0.4 is 10.6 Å². The maximum Gasteiger partial charge on any atom is 0.328 e. The lowest BCUT2D eigenvalue weighted by Gasteiger charge is -2.22. The summed E-state index contributed by atoms with van der Waals surface area (Å²) in [7, 11) is 1.27. The molecule has 190 valence electrons. The van der Waals surface area contributed by atoms with E-state index in [2.05, 4.69) is 15.6 Å². The number of aromatic amines is 1. The number of phenolic OH excluding ortho intramolecular Hbond substituents is 1. The SMILES string of the molecule is COC(=O)[C@@H](Cc1ccccc1)NC(=O)[C@H](Cc1c[nH]c2ccc(O)cc12)NC(=O)Cc1ccccc1. The Morgan fingerprint density at radius 2 is 1.54 bits per heavy atom. The predicted octanol–water partition coefficient (Wildman–Crippen LogP) is 3.04. The highest BCUT2D eigenvalue weighted by atomic mass is 16.5. The molecular weight excluding hydrogens is 470 g/mol. The van der Waals surface area contributed by atoms with Gasteiger partial charge in [0, 0.05) is 29.9 Å². The summed E-state index contributed by atoms with van der Waals surface area (Å²) in [5.41, 5.74) is 3.20. The number of hydrogen-bond acceptors (Lipinski definition) is 5. The second kappa shape index (κ2) is 11.9. The molecule has 4 N–H and O–H groups in total. The van der Waals surface area contributed by atoms with Gasteiger partial charge in [0.05, 0.1) is 13.5 Å². The van der Waals surface area contributed by atoms with E-state index < -0.39 is 24.0 Å². The van der Waals surface area contributed by atoms with E-state index in [0.29, 0.717) is 0 Å². The fourth-order valence-corrected chi connectivity index (χ4v) is 4.25. The number of methoxy groups -OCH3 is 1. The van der Waals surface area contributed by atoms with Gasteiger partial charge in [-0.2, -0.15) is 0 Å². The van der Waals surface area contributed by atoms with Crippen LogP contribution in [0.4, 0.5) is 0 Å². The third kappa shape index (κ3) is 6.76. The Morgan fingerprint density at radius 1 is 0.865 bits per heavy atom. The topological polar surface area (TPSA) is 121 Å². The molecule has 0 fully saturated rings. The highest BCUT2D eigenvalue weighted by molar-refractivity contribution is 5.92. The van der Waals surface area contributed by atoms with Crippen LogP contribution in [0.5, 0.6) is 5.75 Å². The minimum atomic E-state index is -0.972. The van der Waals surface area contributed by atoms with Crippen molar-refractivity contribution in [2.24, 2.45) is 0 Å². The first kappa shape index (κ1) is 25.5. The Kier molecular flexibility index (Phi) is 8.20. The van der Waals surface area contributed by atoms with E-state index in [9.17, 15) is 19.5 Å². The van der Waals surface area contributed by atoms with Gasteiger partial charge >= 0.3 is 5.97 Å². The van der Waals surface area contributed by atoms with Crippen LogP contribution in [0.3, 0.4) is 0 Å². The number of benzene rings is 3. The first-order chi connectivity index (χ1) is 17.9. The molecule has 1 aromatic heterocycles. The number of rotatable bonds is 10. The van der Waals surface area contributed by atoms with E-state index in [1.807, 2.05) is 60.7 Å². The molecule has 4 rings (SSSR count). The third-order valence-electron chi connectivity index (χ3n) is 6.12. The number of nitrogens with one attached hydrogen (secondary N) is 3. The number of carbonyl (C=O) groups is 3. The Bertz CT molecular complexity index is 1370. The van der Waals surface area contributed by atoms with Crippen LogP contribution in [0, 0.1) is 0 Å². The molecule has 2 atom stereocenters. The fourth-order valence-electron chi connectivity index (χ4n) is 4.25. The van der Waals surface area contributed by atoms with Gasteiger partial charge in [-0.05, 0) is 34.9 Å². The van der Waals surface area contributed by atoms with Crippen molar-refractivity contribution in [2.45, 2.75) is 31.3 Å². The van der Waals surface area contributed by atoms with Gasteiger partial charge in [-0.1, -0.05) is 60.7 Å². The molecule has 8 heteroatoms. The average molecular weight is 500 g/mol. The number of hydrogen-bond donors (Lipinski definition) is 4. The van der Waals surface area contributed by atoms with E-state index in [-0.39, 0.29) is 30.9 Å². The Labute approximate surface area is 214 Å². The van der Waals surface area contributed by atoms with Crippen molar-refractivity contribution in [3.05, 3.63) is 102 Å². The summed E-state index contributed by atoms with van der Waals surface area (Å²) in [4.78, 5) is 42.0. The van der Waals surface area contributed by atoms with E-state index in [1.54, 1.807) is 24.4 Å². The van der Waals surface area contributed by atoms with Crippen molar-refractivity contribution in [1.82, 2.24) is 15.6 Å². The monoisotopic (exact) mass is 499 g/mol. The van der Waals surface area contributed by atoms with Gasteiger partial charge in [-0.3, -0.25) is 9.59 Å². The number of esters is 1. The number of aromatic hydroxyl groups is 1. The van der Waals surface area contributed by atoms with Crippen LogP contribution in [-0.4, -0.2) is 47.1 Å². The van der Waals surface area contributed by atoms with Crippen molar-refractivity contribution in [1.29, 1.82) is 0 Å². The number of fused-ring (bicyclic) bond motifs is 1. The molecule has 0 aliphatic carbocycles. The highest BCUT2D eigenvalue weighted by Crippen LogP contribution is 2.24. The molecule has 8 nitrogen and oxygen atoms in total. The maximum atomic E-state index is 13.5. The van der Waals surface area contributed by atoms with Gasteiger partial charge in [0.1, 0.15) is 17.8 Å². The van der Waals surface area contributed by atoms with Crippen molar-refractivity contribution >= 4 is 28.7 Å². The largest absolute Gasteiger partial charge is 0.508 e. The lowest BCUT2D eigenvalue weighted by molar-refractivity contribution is -0.145. The molecule has 4 aromatic rings. The van der Waals surface area contributed by atoms with Crippen LogP contribution in [0.15, 0.2) is 85.1 Å². The Morgan fingerprint density at radius 3 is 2.22 bits per heavy atom. The van der Waals surface area contributed by atoms with Crippen LogP contribution in [0.2, 0.25) is 0 Å². The number of aromatic nitrogens is 1. The highest BCUT2D eigenvalue weighted by Gasteiger charge is 2.28. The molecule has 0 aliphatic heterocycles. The van der Waals surface area contributed by atoms with Gasteiger partial charge in [0.15, 0.2) is 0 Å². The minimum Gasteiger partial charge on any atom is -0.508 e. The summed E-state index contributed by atoms with van der Waals surface area (Å²) in [5, 5.41) is 16.3. The number of ether oxygens (including phenoxy) is 1. The normalized spacial score (nSPS) is 12.5. The van der Waals surface area contributed by atoms with Crippen LogP contribution in [0.1, 0.15) is 16.7 Å². The lowest BCUT2D eigenvalue weighted by atomic mass is 10.0. The van der Waals surface area contributed by atoms with E-state index in [1.165, 1.54) is 7.11 Å². The maximum absolute atomic E-state index is 13.5. The molecule has 37 heavy (non-hydrogen) atoms. The first-order valence-electron chi connectivity index (χ1n) is 12.0. The molecule has 2 amide bonds. The zero-order chi connectivity index (χ0) is 26.2. The van der Waals surface area contributed by atoms with Crippen molar-refractivity contribution in [3.8, 4) is 5.75 Å².